The van der Waals surface area contributed by atoms with Crippen LogP contribution in [0.5, 0.6) is 0 Å². The van der Waals surface area contributed by atoms with Gasteiger partial charge in [0.2, 0.25) is 5.95 Å². The third-order valence-electron chi connectivity index (χ3n) is 2.77. The second-order valence-electron chi connectivity index (χ2n) is 3.94. The smallest absolute Gasteiger partial charge is 0.213 e. The number of fused-ring (bicyclic) bond motifs is 1. The molecule has 0 saturated heterocycles. The molecule has 0 bridgehead atoms. The van der Waals surface area contributed by atoms with Crippen molar-refractivity contribution in [2.45, 2.75) is 20.8 Å². The van der Waals surface area contributed by atoms with Crippen LogP contribution in [0.3, 0.4) is 0 Å². The van der Waals surface area contributed by atoms with Crippen LogP contribution in [-0.2, 0) is 0 Å². The Hall–Kier alpha value is -2.23. The summed E-state index contributed by atoms with van der Waals surface area (Å²) < 4.78 is 14.8. The molecule has 4 heteroatoms. The van der Waals surface area contributed by atoms with Crippen LogP contribution in [0.4, 0.5) is 4.39 Å². The predicted molar refractivity (Wildman–Crippen MR) is 74.5 cm³/mol. The highest BCUT2D eigenvalue weighted by molar-refractivity contribution is 5.66. The maximum atomic E-state index is 13.0. The Morgan fingerprint density at radius 3 is 2.63 bits per heavy atom. The molecule has 0 N–H and O–H groups in total. The molecule has 0 aliphatic heterocycles. The van der Waals surface area contributed by atoms with E-state index in [0.717, 1.165) is 22.2 Å². The van der Waals surface area contributed by atoms with Crippen molar-refractivity contribution < 1.29 is 4.39 Å². The highest BCUT2D eigenvalue weighted by atomic mass is 19.1. The number of rotatable bonds is 1. The van der Waals surface area contributed by atoms with Crippen LogP contribution in [0, 0.1) is 12.9 Å². The Bertz CT molecular complexity index is 689. The molecule has 0 radical (unpaired) electrons. The second kappa shape index (κ2) is 5.61. The van der Waals surface area contributed by atoms with Crippen molar-refractivity contribution in [2.24, 2.45) is 0 Å². The van der Waals surface area contributed by atoms with Crippen molar-refractivity contribution in [1.29, 1.82) is 0 Å². The van der Waals surface area contributed by atoms with Crippen molar-refractivity contribution >= 4 is 5.52 Å². The molecule has 0 amide bonds. The summed E-state index contributed by atoms with van der Waals surface area (Å²) >= 11 is 0. The van der Waals surface area contributed by atoms with Gasteiger partial charge in [-0.25, -0.2) is 9.50 Å². The Morgan fingerprint density at radius 2 is 1.89 bits per heavy atom. The van der Waals surface area contributed by atoms with E-state index in [2.05, 4.69) is 10.1 Å². The number of pyridine rings is 2. The fourth-order valence-corrected chi connectivity index (χ4v) is 1.86. The molecule has 3 nitrogen and oxygen atoms in total. The maximum Gasteiger partial charge on any atom is 0.213 e. The average molecular weight is 257 g/mol. The minimum atomic E-state index is -0.473. The summed E-state index contributed by atoms with van der Waals surface area (Å²) in [7, 11) is 0. The zero-order valence-electron chi connectivity index (χ0n) is 11.3. The highest BCUT2D eigenvalue weighted by Crippen LogP contribution is 2.20. The van der Waals surface area contributed by atoms with E-state index in [1.807, 2.05) is 45.3 Å². The van der Waals surface area contributed by atoms with Gasteiger partial charge in [-0.3, -0.25) is 0 Å². The van der Waals surface area contributed by atoms with Gasteiger partial charge in [-0.2, -0.15) is 9.49 Å². The molecule has 0 atom stereocenters. The van der Waals surface area contributed by atoms with Crippen LogP contribution in [-0.4, -0.2) is 14.6 Å². The highest BCUT2D eigenvalue weighted by Gasteiger charge is 2.03. The van der Waals surface area contributed by atoms with Crippen molar-refractivity contribution in [2.75, 3.05) is 0 Å². The summed E-state index contributed by atoms with van der Waals surface area (Å²) in [4.78, 5) is 3.54. The number of aryl methyl sites for hydroxylation is 1. The molecule has 0 saturated carbocycles. The molecule has 0 aliphatic rings. The Morgan fingerprint density at radius 1 is 1.11 bits per heavy atom. The normalized spacial score (nSPS) is 10.1. The lowest BCUT2D eigenvalue weighted by Gasteiger charge is -2.02. The molecule has 3 heterocycles. The van der Waals surface area contributed by atoms with Crippen molar-refractivity contribution in [3.8, 4) is 11.1 Å². The van der Waals surface area contributed by atoms with Gasteiger partial charge < -0.3 is 0 Å². The number of halogens is 1. The molecule has 0 spiro atoms. The summed E-state index contributed by atoms with van der Waals surface area (Å²) in [5.74, 6) is -0.473. The second-order valence-corrected chi connectivity index (χ2v) is 3.94. The SMILES string of the molecule is CC.Cc1cnn2cc(-c3ccnc(F)c3)ccc12. The first-order valence-corrected chi connectivity index (χ1v) is 6.30. The van der Waals surface area contributed by atoms with Gasteiger partial charge in [-0.1, -0.05) is 19.9 Å². The van der Waals surface area contributed by atoms with Gasteiger partial charge >= 0.3 is 0 Å². The molecule has 19 heavy (non-hydrogen) atoms. The van der Waals surface area contributed by atoms with E-state index in [-0.39, 0.29) is 0 Å². The molecular weight excluding hydrogens is 241 g/mol. The van der Waals surface area contributed by atoms with Gasteiger partial charge in [0.15, 0.2) is 0 Å². The third-order valence-corrected chi connectivity index (χ3v) is 2.77. The predicted octanol–water partition coefficient (Wildman–Crippen LogP) is 3.87. The van der Waals surface area contributed by atoms with E-state index in [1.165, 1.54) is 12.3 Å². The summed E-state index contributed by atoms with van der Waals surface area (Å²) in [5, 5.41) is 4.23. The molecule has 3 rings (SSSR count). The van der Waals surface area contributed by atoms with Crippen LogP contribution >= 0.6 is 0 Å². The maximum absolute atomic E-state index is 13.0. The molecular formula is C15H16FN3. The first kappa shape index (κ1) is 13.2. The Balaban J connectivity index is 0.000000637. The lowest BCUT2D eigenvalue weighted by atomic mass is 10.1. The van der Waals surface area contributed by atoms with E-state index < -0.39 is 5.95 Å². The summed E-state index contributed by atoms with van der Waals surface area (Å²) in [5.41, 5.74) is 3.90. The number of hydrogen-bond donors (Lipinski definition) is 0. The number of aromatic nitrogens is 3. The minimum absolute atomic E-state index is 0.473. The fourth-order valence-electron chi connectivity index (χ4n) is 1.86. The van der Waals surface area contributed by atoms with Gasteiger partial charge in [-0.05, 0) is 30.2 Å². The molecule has 3 aromatic heterocycles. The minimum Gasteiger partial charge on any atom is -0.240 e. The van der Waals surface area contributed by atoms with E-state index in [0.29, 0.717) is 0 Å². The third kappa shape index (κ3) is 2.62. The number of hydrogen-bond acceptors (Lipinski definition) is 2. The van der Waals surface area contributed by atoms with Crippen LogP contribution in [0.2, 0.25) is 0 Å². The van der Waals surface area contributed by atoms with E-state index in [9.17, 15) is 4.39 Å². The molecule has 3 aromatic rings. The molecule has 0 aliphatic carbocycles. The van der Waals surface area contributed by atoms with Gasteiger partial charge in [-0.15, -0.1) is 0 Å². The van der Waals surface area contributed by atoms with E-state index in [1.54, 1.807) is 10.6 Å². The molecule has 0 aromatic carbocycles. The first-order chi connectivity index (χ1) is 9.24. The van der Waals surface area contributed by atoms with Crippen molar-refractivity contribution in [3.05, 3.63) is 54.4 Å². The lowest BCUT2D eigenvalue weighted by Crippen LogP contribution is -1.89. The van der Waals surface area contributed by atoms with Gasteiger partial charge in [0.05, 0.1) is 11.7 Å². The van der Waals surface area contributed by atoms with Crippen LogP contribution in [0.1, 0.15) is 19.4 Å². The molecule has 0 fully saturated rings. The van der Waals surface area contributed by atoms with Crippen LogP contribution < -0.4 is 0 Å². The monoisotopic (exact) mass is 257 g/mol. The van der Waals surface area contributed by atoms with Crippen molar-refractivity contribution in [1.82, 2.24) is 14.6 Å². The van der Waals surface area contributed by atoms with E-state index in [4.69, 9.17) is 0 Å². The lowest BCUT2D eigenvalue weighted by molar-refractivity contribution is 0.584. The van der Waals surface area contributed by atoms with E-state index >= 15 is 0 Å². The first-order valence-electron chi connectivity index (χ1n) is 6.30. The Labute approximate surface area is 111 Å². The molecule has 0 unspecified atom stereocenters. The van der Waals surface area contributed by atoms with Crippen LogP contribution in [0.15, 0.2) is 42.9 Å². The van der Waals surface area contributed by atoms with Gasteiger partial charge in [0, 0.05) is 24.0 Å². The fraction of sp³-hybridized carbons (Fsp3) is 0.200. The van der Waals surface area contributed by atoms with Crippen LogP contribution in [0.25, 0.3) is 16.6 Å². The molecule has 98 valence electrons. The summed E-state index contributed by atoms with van der Waals surface area (Å²) in [6.45, 7) is 6.01. The zero-order valence-corrected chi connectivity index (χ0v) is 11.3. The topological polar surface area (TPSA) is 30.2 Å². The summed E-state index contributed by atoms with van der Waals surface area (Å²) in [6.07, 6.45) is 5.16. The number of nitrogens with zero attached hydrogens (tertiary/aromatic N) is 3. The van der Waals surface area contributed by atoms with Crippen molar-refractivity contribution in [3.63, 3.8) is 0 Å². The zero-order chi connectivity index (χ0) is 13.8. The average Bonchev–Trinajstić information content (AvgIpc) is 2.82. The van der Waals surface area contributed by atoms with Gasteiger partial charge in [0.1, 0.15) is 0 Å². The quantitative estimate of drug-likeness (QED) is 0.619. The van der Waals surface area contributed by atoms with Gasteiger partial charge in [0.25, 0.3) is 0 Å². The summed E-state index contributed by atoms with van der Waals surface area (Å²) in [6, 6.07) is 7.13. The Kier molecular flexibility index (Phi) is 3.90. The standard InChI is InChI=1S/C13H10FN3.C2H6/c1-9-7-16-17-8-11(2-3-12(9)17)10-4-5-15-13(14)6-10;1-2/h2-8H,1H3;1-2H3. The largest absolute Gasteiger partial charge is 0.240 e.